The molecule has 1 aliphatic heterocycles. The summed E-state index contributed by atoms with van der Waals surface area (Å²) >= 11 is 0. The van der Waals surface area contributed by atoms with Crippen molar-refractivity contribution in [2.45, 2.75) is 57.9 Å². The molecule has 140 valence electrons. The van der Waals surface area contributed by atoms with Gasteiger partial charge in [0.1, 0.15) is 0 Å². The second kappa shape index (κ2) is 11.3. The van der Waals surface area contributed by atoms with Gasteiger partial charge < -0.3 is 16.0 Å². The Kier molecular flexibility index (Phi) is 8.98. The van der Waals surface area contributed by atoms with Crippen LogP contribution in [0.25, 0.3) is 0 Å². The van der Waals surface area contributed by atoms with Gasteiger partial charge in [0.25, 0.3) is 0 Å². The van der Waals surface area contributed by atoms with Crippen LogP contribution in [0.3, 0.4) is 0 Å². The Labute approximate surface area is 153 Å². The molecular formula is C21H35N3O. The largest absolute Gasteiger partial charge is 0.355 e. The second-order valence-corrected chi connectivity index (χ2v) is 7.37. The fourth-order valence-corrected chi connectivity index (χ4v) is 3.61. The molecule has 3 N–H and O–H groups in total. The Balaban J connectivity index is 1.52. The lowest BCUT2D eigenvalue weighted by molar-refractivity contribution is -0.122. The maximum Gasteiger partial charge on any atom is 0.236 e. The molecule has 25 heavy (non-hydrogen) atoms. The average molecular weight is 346 g/mol. The molecule has 1 aliphatic rings. The van der Waals surface area contributed by atoms with Crippen LogP contribution in [0.15, 0.2) is 30.3 Å². The average Bonchev–Trinajstić information content (AvgIpc) is 2.63. The van der Waals surface area contributed by atoms with Crippen LogP contribution in [0.5, 0.6) is 0 Å². The molecule has 1 aromatic carbocycles. The summed E-state index contributed by atoms with van der Waals surface area (Å²) in [7, 11) is 0. The Morgan fingerprint density at radius 3 is 2.64 bits per heavy atom. The number of piperidine rings is 1. The molecule has 2 rings (SSSR count). The Hall–Kier alpha value is -1.39. The number of nitrogens with zero attached hydrogens (tertiary/aromatic N) is 1. The van der Waals surface area contributed by atoms with Gasteiger partial charge in [-0.1, -0.05) is 43.7 Å². The van der Waals surface area contributed by atoms with E-state index in [-0.39, 0.29) is 11.9 Å². The predicted octanol–water partition coefficient (Wildman–Crippen LogP) is 2.96. The van der Waals surface area contributed by atoms with Gasteiger partial charge in [0.2, 0.25) is 5.91 Å². The quantitative estimate of drug-likeness (QED) is 0.641. The summed E-state index contributed by atoms with van der Waals surface area (Å²) in [6.45, 7) is 6.38. The molecule has 4 nitrogen and oxygen atoms in total. The van der Waals surface area contributed by atoms with Crippen molar-refractivity contribution in [3.8, 4) is 0 Å². The first-order valence-electron chi connectivity index (χ1n) is 9.98. The van der Waals surface area contributed by atoms with Crippen LogP contribution < -0.4 is 11.1 Å². The Morgan fingerprint density at radius 2 is 1.96 bits per heavy atom. The lowest BCUT2D eigenvalue weighted by Crippen LogP contribution is -2.41. The molecule has 0 spiro atoms. The number of amides is 1. The van der Waals surface area contributed by atoms with Gasteiger partial charge in [0, 0.05) is 6.54 Å². The summed E-state index contributed by atoms with van der Waals surface area (Å²) in [5.74, 6) is 0.835. The van der Waals surface area contributed by atoms with E-state index in [0.717, 1.165) is 44.7 Å². The molecule has 4 heteroatoms. The number of nitrogens with one attached hydrogen (secondary N) is 1. The summed E-state index contributed by atoms with van der Waals surface area (Å²) in [5.41, 5.74) is 7.28. The third-order valence-corrected chi connectivity index (χ3v) is 5.21. The van der Waals surface area contributed by atoms with Crippen LogP contribution in [0.1, 0.15) is 51.0 Å². The maximum atomic E-state index is 11.7. The highest BCUT2D eigenvalue weighted by atomic mass is 16.2. The van der Waals surface area contributed by atoms with Crippen molar-refractivity contribution in [3.05, 3.63) is 35.9 Å². The zero-order valence-corrected chi connectivity index (χ0v) is 15.8. The highest BCUT2D eigenvalue weighted by Crippen LogP contribution is 2.21. The predicted molar refractivity (Wildman–Crippen MR) is 104 cm³/mol. The first kappa shape index (κ1) is 19.9. The van der Waals surface area contributed by atoms with Crippen LogP contribution in [-0.4, -0.2) is 43.0 Å². The van der Waals surface area contributed by atoms with Crippen LogP contribution in [0, 0.1) is 5.92 Å². The van der Waals surface area contributed by atoms with Gasteiger partial charge in [-0.05, 0) is 69.6 Å². The lowest BCUT2D eigenvalue weighted by atomic mass is 9.90. The molecule has 1 atom stereocenters. The van der Waals surface area contributed by atoms with E-state index >= 15 is 0 Å². The van der Waals surface area contributed by atoms with Gasteiger partial charge in [0.05, 0.1) is 6.04 Å². The molecule has 0 aliphatic carbocycles. The second-order valence-electron chi connectivity index (χ2n) is 7.37. The van der Waals surface area contributed by atoms with Gasteiger partial charge in [-0.3, -0.25) is 4.79 Å². The van der Waals surface area contributed by atoms with E-state index in [0.29, 0.717) is 0 Å². The summed E-state index contributed by atoms with van der Waals surface area (Å²) in [6.07, 6.45) is 7.73. The number of likely N-dealkylation sites (tertiary alicyclic amines) is 1. The Bertz CT molecular complexity index is 483. The van der Waals surface area contributed by atoms with E-state index in [2.05, 4.69) is 47.5 Å². The third-order valence-electron chi connectivity index (χ3n) is 5.21. The van der Waals surface area contributed by atoms with E-state index in [4.69, 9.17) is 5.73 Å². The normalized spacial score (nSPS) is 17.4. The van der Waals surface area contributed by atoms with Crippen molar-refractivity contribution in [1.82, 2.24) is 10.2 Å². The van der Waals surface area contributed by atoms with Gasteiger partial charge in [-0.25, -0.2) is 0 Å². The fourth-order valence-electron chi connectivity index (χ4n) is 3.61. The zero-order valence-electron chi connectivity index (χ0n) is 15.8. The number of rotatable bonds is 10. The van der Waals surface area contributed by atoms with Gasteiger partial charge in [-0.2, -0.15) is 0 Å². The minimum absolute atomic E-state index is 0.00331. The molecule has 1 heterocycles. The summed E-state index contributed by atoms with van der Waals surface area (Å²) < 4.78 is 0. The molecular weight excluding hydrogens is 310 g/mol. The molecule has 1 amide bonds. The molecule has 0 radical (unpaired) electrons. The number of hydrogen-bond donors (Lipinski definition) is 2. The van der Waals surface area contributed by atoms with Crippen molar-refractivity contribution in [3.63, 3.8) is 0 Å². The van der Waals surface area contributed by atoms with Crippen molar-refractivity contribution in [2.75, 3.05) is 26.2 Å². The zero-order chi connectivity index (χ0) is 17.9. The monoisotopic (exact) mass is 345 g/mol. The third kappa shape index (κ3) is 7.57. The number of benzene rings is 1. The molecule has 0 saturated carbocycles. The van der Waals surface area contributed by atoms with Crippen LogP contribution in [-0.2, 0) is 11.2 Å². The number of carbonyl (C=O) groups is 1. The van der Waals surface area contributed by atoms with E-state index in [9.17, 15) is 4.79 Å². The summed E-state index contributed by atoms with van der Waals surface area (Å²) in [4.78, 5) is 14.3. The van der Waals surface area contributed by atoms with E-state index in [1.807, 2.05) is 0 Å². The SMILES string of the molecule is CCCC(N)C(=O)NCCCCN1CCC(Cc2ccccc2)CC1. The Morgan fingerprint density at radius 1 is 1.24 bits per heavy atom. The van der Waals surface area contributed by atoms with Crippen molar-refractivity contribution >= 4 is 5.91 Å². The smallest absolute Gasteiger partial charge is 0.236 e. The van der Waals surface area contributed by atoms with Gasteiger partial charge in [0.15, 0.2) is 0 Å². The summed E-state index contributed by atoms with van der Waals surface area (Å²) in [6, 6.07) is 10.5. The van der Waals surface area contributed by atoms with Gasteiger partial charge in [-0.15, -0.1) is 0 Å². The highest BCUT2D eigenvalue weighted by Gasteiger charge is 2.19. The molecule has 0 bridgehead atoms. The molecule has 1 fully saturated rings. The molecule has 0 aromatic heterocycles. The summed E-state index contributed by atoms with van der Waals surface area (Å²) in [5, 5.41) is 2.96. The van der Waals surface area contributed by atoms with Crippen LogP contribution in [0.4, 0.5) is 0 Å². The minimum atomic E-state index is -0.339. The van der Waals surface area contributed by atoms with Crippen molar-refractivity contribution < 1.29 is 4.79 Å². The number of hydrogen-bond acceptors (Lipinski definition) is 3. The first-order valence-corrected chi connectivity index (χ1v) is 9.98. The van der Waals surface area contributed by atoms with E-state index in [1.54, 1.807) is 0 Å². The molecule has 1 saturated heterocycles. The van der Waals surface area contributed by atoms with Crippen molar-refractivity contribution in [2.24, 2.45) is 11.7 Å². The number of unbranched alkanes of at least 4 members (excludes halogenated alkanes) is 1. The van der Waals surface area contributed by atoms with Crippen LogP contribution in [0.2, 0.25) is 0 Å². The minimum Gasteiger partial charge on any atom is -0.355 e. The van der Waals surface area contributed by atoms with E-state index in [1.165, 1.54) is 37.9 Å². The molecule has 1 aromatic rings. The van der Waals surface area contributed by atoms with E-state index < -0.39 is 0 Å². The van der Waals surface area contributed by atoms with Gasteiger partial charge >= 0.3 is 0 Å². The van der Waals surface area contributed by atoms with Crippen molar-refractivity contribution in [1.29, 1.82) is 0 Å². The number of carbonyl (C=O) groups excluding carboxylic acids is 1. The van der Waals surface area contributed by atoms with Crippen LogP contribution >= 0.6 is 0 Å². The molecule has 1 unspecified atom stereocenters. The topological polar surface area (TPSA) is 58.4 Å². The lowest BCUT2D eigenvalue weighted by Gasteiger charge is -2.32. The number of nitrogens with two attached hydrogens (primary N) is 1. The fraction of sp³-hybridized carbons (Fsp3) is 0.667. The first-order chi connectivity index (χ1) is 12.2. The highest BCUT2D eigenvalue weighted by molar-refractivity contribution is 5.81. The standard InChI is InChI=1S/C21H35N3O/c1-2-8-20(22)21(25)23-13-6-7-14-24-15-11-19(12-16-24)17-18-9-4-3-5-10-18/h3-5,9-10,19-20H,2,6-8,11-17,22H2,1H3,(H,23,25). The maximum absolute atomic E-state index is 11.7.